The van der Waals surface area contributed by atoms with Crippen molar-refractivity contribution in [2.75, 3.05) is 21.5 Å². The number of amides is 2. The Kier molecular flexibility index (Phi) is 6.48. The third kappa shape index (κ3) is 5.23. The number of hydrogen-bond acceptors (Lipinski definition) is 6. The normalized spacial score (nSPS) is 13.9. The van der Waals surface area contributed by atoms with Crippen LogP contribution < -0.4 is 14.9 Å². The summed E-state index contributed by atoms with van der Waals surface area (Å²) in [5.41, 5.74) is 3.30. The van der Waals surface area contributed by atoms with Crippen molar-refractivity contribution in [2.24, 2.45) is 0 Å². The van der Waals surface area contributed by atoms with Gasteiger partial charge in [-0.3, -0.25) is 19.2 Å². The lowest BCUT2D eigenvalue weighted by Gasteiger charge is -2.13. The number of rotatable bonds is 7. The van der Waals surface area contributed by atoms with E-state index in [1.54, 1.807) is 22.4 Å². The van der Waals surface area contributed by atoms with Crippen LogP contribution in [0.3, 0.4) is 0 Å². The van der Waals surface area contributed by atoms with Gasteiger partial charge in [0.25, 0.3) is 10.0 Å². The third-order valence-corrected chi connectivity index (χ3v) is 7.63. The molecule has 3 aromatic rings. The van der Waals surface area contributed by atoms with Crippen LogP contribution in [0.5, 0.6) is 0 Å². The highest BCUT2D eigenvalue weighted by atomic mass is 32.2. The molecular weight excluding hydrogens is 460 g/mol. The van der Waals surface area contributed by atoms with Crippen LogP contribution in [0.4, 0.5) is 16.5 Å². The van der Waals surface area contributed by atoms with E-state index >= 15 is 0 Å². The minimum Gasteiger partial charge on any atom is -0.326 e. The Labute approximate surface area is 196 Å². The molecule has 2 amide bonds. The summed E-state index contributed by atoms with van der Waals surface area (Å²) in [6, 6.07) is 11.6. The molecule has 2 N–H and O–H groups in total. The lowest BCUT2D eigenvalue weighted by molar-refractivity contribution is -0.117. The SMILES string of the molecule is Cc1cccc(C)c1NS(=O)(=O)c1ccc(NC(=O)Cc2csc(N3CCCC3=O)n2)cc1. The number of thiazole rings is 1. The minimum atomic E-state index is -3.77. The highest BCUT2D eigenvalue weighted by Crippen LogP contribution is 2.26. The number of hydrogen-bond donors (Lipinski definition) is 2. The number of nitrogens with one attached hydrogen (secondary N) is 2. The van der Waals surface area contributed by atoms with Crippen LogP contribution in [-0.2, 0) is 26.0 Å². The van der Waals surface area contributed by atoms with Gasteiger partial charge in [0, 0.05) is 24.0 Å². The van der Waals surface area contributed by atoms with E-state index in [1.807, 2.05) is 32.0 Å². The summed E-state index contributed by atoms with van der Waals surface area (Å²) in [6.07, 6.45) is 1.41. The number of sulfonamides is 1. The highest BCUT2D eigenvalue weighted by molar-refractivity contribution is 7.92. The Bertz CT molecular complexity index is 1280. The Morgan fingerprint density at radius 3 is 2.45 bits per heavy atom. The molecule has 2 aromatic carbocycles. The fourth-order valence-electron chi connectivity index (χ4n) is 3.61. The molecule has 4 rings (SSSR count). The van der Waals surface area contributed by atoms with Gasteiger partial charge >= 0.3 is 0 Å². The minimum absolute atomic E-state index is 0.0578. The summed E-state index contributed by atoms with van der Waals surface area (Å²) in [7, 11) is -3.77. The molecule has 0 atom stereocenters. The molecule has 0 unspecified atom stereocenters. The van der Waals surface area contributed by atoms with Gasteiger partial charge in [-0.15, -0.1) is 11.3 Å². The second kappa shape index (κ2) is 9.32. The zero-order valence-electron chi connectivity index (χ0n) is 18.3. The van der Waals surface area contributed by atoms with E-state index in [0.29, 0.717) is 35.2 Å². The Hall–Kier alpha value is -3.24. The van der Waals surface area contributed by atoms with Crippen LogP contribution >= 0.6 is 11.3 Å². The van der Waals surface area contributed by atoms with E-state index in [0.717, 1.165) is 17.5 Å². The molecule has 0 spiro atoms. The number of anilines is 3. The van der Waals surface area contributed by atoms with Gasteiger partial charge in [-0.25, -0.2) is 13.4 Å². The second-order valence-electron chi connectivity index (χ2n) is 7.89. The Morgan fingerprint density at radius 1 is 1.12 bits per heavy atom. The largest absolute Gasteiger partial charge is 0.326 e. The number of nitrogens with zero attached hydrogens (tertiary/aromatic N) is 2. The first-order valence-electron chi connectivity index (χ1n) is 10.5. The van der Waals surface area contributed by atoms with Gasteiger partial charge in [0.05, 0.1) is 22.7 Å². The molecule has 0 bridgehead atoms. The van der Waals surface area contributed by atoms with Crippen molar-refractivity contribution >= 4 is 49.7 Å². The first-order chi connectivity index (χ1) is 15.7. The van der Waals surface area contributed by atoms with Gasteiger partial charge in [0.15, 0.2) is 5.13 Å². The van der Waals surface area contributed by atoms with Crippen LogP contribution in [0.2, 0.25) is 0 Å². The molecule has 0 saturated carbocycles. The maximum Gasteiger partial charge on any atom is 0.261 e. The molecule has 0 aliphatic carbocycles. The first-order valence-corrected chi connectivity index (χ1v) is 12.8. The zero-order chi connectivity index (χ0) is 23.6. The average molecular weight is 485 g/mol. The zero-order valence-corrected chi connectivity index (χ0v) is 19.9. The molecule has 33 heavy (non-hydrogen) atoms. The number of aryl methyl sites for hydroxylation is 2. The average Bonchev–Trinajstić information content (AvgIpc) is 3.39. The van der Waals surface area contributed by atoms with E-state index in [-0.39, 0.29) is 23.1 Å². The molecule has 8 nitrogen and oxygen atoms in total. The highest BCUT2D eigenvalue weighted by Gasteiger charge is 2.24. The van der Waals surface area contributed by atoms with Gasteiger partial charge < -0.3 is 5.32 Å². The van der Waals surface area contributed by atoms with Crippen molar-refractivity contribution in [3.8, 4) is 0 Å². The number of para-hydroxylation sites is 1. The summed E-state index contributed by atoms with van der Waals surface area (Å²) < 4.78 is 28.2. The topological polar surface area (TPSA) is 108 Å². The van der Waals surface area contributed by atoms with Crippen molar-refractivity contribution in [1.82, 2.24) is 4.98 Å². The standard InChI is InChI=1S/C23H24N4O4S2/c1-15-5-3-6-16(2)22(15)26-33(30,31)19-10-8-17(9-11-19)24-20(28)13-18-14-32-23(25-18)27-12-4-7-21(27)29/h3,5-6,8-11,14,26H,4,7,12-13H2,1-2H3,(H,24,28). The van der Waals surface area contributed by atoms with Crippen molar-refractivity contribution in [3.63, 3.8) is 0 Å². The first kappa shape index (κ1) is 22.9. The van der Waals surface area contributed by atoms with Crippen molar-refractivity contribution < 1.29 is 18.0 Å². The van der Waals surface area contributed by atoms with Gasteiger partial charge in [-0.2, -0.15) is 0 Å². The summed E-state index contributed by atoms with van der Waals surface area (Å²) in [5.74, 6) is -0.216. The van der Waals surface area contributed by atoms with E-state index in [2.05, 4.69) is 15.0 Å². The van der Waals surface area contributed by atoms with Crippen molar-refractivity contribution in [2.45, 2.75) is 38.0 Å². The maximum atomic E-state index is 12.8. The smallest absolute Gasteiger partial charge is 0.261 e. The van der Waals surface area contributed by atoms with Crippen LogP contribution in [0.1, 0.15) is 29.7 Å². The Balaban J connectivity index is 1.39. The number of carbonyl (C=O) groups excluding carboxylic acids is 2. The molecule has 10 heteroatoms. The summed E-state index contributed by atoms with van der Waals surface area (Å²) >= 11 is 1.35. The molecule has 1 fully saturated rings. The van der Waals surface area contributed by atoms with Crippen molar-refractivity contribution in [1.29, 1.82) is 0 Å². The van der Waals surface area contributed by atoms with Gasteiger partial charge in [-0.1, -0.05) is 18.2 Å². The number of carbonyl (C=O) groups is 2. The van der Waals surface area contributed by atoms with Crippen LogP contribution in [0.25, 0.3) is 0 Å². The predicted molar refractivity (Wildman–Crippen MR) is 129 cm³/mol. The van der Waals surface area contributed by atoms with Gasteiger partial charge in [0.2, 0.25) is 11.8 Å². The fourth-order valence-corrected chi connectivity index (χ4v) is 5.68. The number of aromatic nitrogens is 1. The molecule has 0 radical (unpaired) electrons. The lowest BCUT2D eigenvalue weighted by atomic mass is 10.1. The van der Waals surface area contributed by atoms with Crippen LogP contribution in [-0.4, -0.2) is 31.8 Å². The van der Waals surface area contributed by atoms with E-state index in [4.69, 9.17) is 0 Å². The summed E-state index contributed by atoms with van der Waals surface area (Å²) in [5, 5.41) is 5.14. The van der Waals surface area contributed by atoms with E-state index < -0.39 is 10.0 Å². The molecule has 2 heterocycles. The molecule has 1 aromatic heterocycles. The molecule has 1 aliphatic heterocycles. The van der Waals surface area contributed by atoms with Crippen LogP contribution in [0.15, 0.2) is 52.7 Å². The van der Waals surface area contributed by atoms with Crippen molar-refractivity contribution in [3.05, 3.63) is 64.7 Å². The molecular formula is C23H24N4O4S2. The lowest BCUT2D eigenvalue weighted by Crippen LogP contribution is -2.23. The number of benzene rings is 2. The van der Waals surface area contributed by atoms with E-state index in [9.17, 15) is 18.0 Å². The Morgan fingerprint density at radius 2 is 1.82 bits per heavy atom. The fraction of sp³-hybridized carbons (Fsp3) is 0.261. The summed E-state index contributed by atoms with van der Waals surface area (Å²) in [4.78, 5) is 30.4. The molecule has 1 aliphatic rings. The van der Waals surface area contributed by atoms with Crippen LogP contribution in [0, 0.1) is 13.8 Å². The maximum absolute atomic E-state index is 12.8. The summed E-state index contributed by atoms with van der Waals surface area (Å²) in [6.45, 7) is 4.35. The van der Waals surface area contributed by atoms with Gasteiger partial charge in [0.1, 0.15) is 0 Å². The van der Waals surface area contributed by atoms with Gasteiger partial charge in [-0.05, 0) is 55.7 Å². The monoisotopic (exact) mass is 484 g/mol. The molecule has 172 valence electrons. The quantitative estimate of drug-likeness (QED) is 0.529. The third-order valence-electron chi connectivity index (χ3n) is 5.35. The predicted octanol–water partition coefficient (Wildman–Crippen LogP) is 3.87. The van der Waals surface area contributed by atoms with E-state index in [1.165, 1.54) is 23.5 Å². The molecule has 1 saturated heterocycles. The second-order valence-corrected chi connectivity index (χ2v) is 10.4.